The van der Waals surface area contributed by atoms with E-state index in [1.165, 1.54) is 31.4 Å². The molecule has 1 aliphatic carbocycles. The third-order valence-electron chi connectivity index (χ3n) is 7.79. The maximum absolute atomic E-state index is 9.99. The van der Waals surface area contributed by atoms with Gasteiger partial charge in [0, 0.05) is 43.1 Å². The van der Waals surface area contributed by atoms with Crippen LogP contribution in [-0.2, 0) is 0 Å². The van der Waals surface area contributed by atoms with Crippen LogP contribution in [0.2, 0.25) is 0 Å². The van der Waals surface area contributed by atoms with Crippen LogP contribution in [0.25, 0.3) is 11.1 Å². The first-order chi connectivity index (χ1) is 18.1. The molecule has 3 N–H and O–H groups in total. The van der Waals surface area contributed by atoms with E-state index in [-0.39, 0.29) is 0 Å². The van der Waals surface area contributed by atoms with Crippen LogP contribution in [-0.4, -0.2) is 41.3 Å². The number of nitrogens with one attached hydrogen (secondary N) is 2. The number of aliphatic hydroxyl groups is 1. The molecule has 0 spiro atoms. The topological polar surface area (TPSA) is 84.2 Å². The van der Waals surface area contributed by atoms with Gasteiger partial charge in [-0.15, -0.1) is 0 Å². The number of anilines is 2. The summed E-state index contributed by atoms with van der Waals surface area (Å²) in [5.74, 6) is 0.904. The Hall–Kier alpha value is -3.40. The molecule has 5 rings (SSSR count). The summed E-state index contributed by atoms with van der Waals surface area (Å²) in [6.45, 7) is 3.84. The number of nitrogens with zero attached hydrogens (tertiary/aromatic N) is 3. The lowest BCUT2D eigenvalue weighted by atomic mass is 9.89. The Bertz CT molecular complexity index is 1220. The fourth-order valence-electron chi connectivity index (χ4n) is 5.76. The van der Waals surface area contributed by atoms with E-state index < -0.39 is 6.10 Å². The van der Waals surface area contributed by atoms with Crippen LogP contribution in [0.3, 0.4) is 0 Å². The van der Waals surface area contributed by atoms with Gasteiger partial charge in [-0.05, 0) is 91.8 Å². The molecule has 0 bridgehead atoms. The molecule has 0 amide bonds. The van der Waals surface area contributed by atoms with Gasteiger partial charge in [0.25, 0.3) is 0 Å². The largest absolute Gasteiger partial charge is 0.389 e. The minimum absolute atomic E-state index is 0.339. The lowest BCUT2D eigenvalue weighted by molar-refractivity contribution is 0.199. The van der Waals surface area contributed by atoms with Gasteiger partial charge in [-0.2, -0.15) is 5.26 Å². The second-order valence-electron chi connectivity index (χ2n) is 10.5. The summed E-state index contributed by atoms with van der Waals surface area (Å²) in [6.07, 6.45) is 8.51. The highest BCUT2D eigenvalue weighted by atomic mass is 16.3. The van der Waals surface area contributed by atoms with Gasteiger partial charge in [-0.1, -0.05) is 31.0 Å². The summed E-state index contributed by atoms with van der Waals surface area (Å²) in [7, 11) is 0. The highest BCUT2D eigenvalue weighted by molar-refractivity contribution is 5.67. The average Bonchev–Trinajstić information content (AvgIpc) is 2.94. The van der Waals surface area contributed by atoms with Gasteiger partial charge in [0.1, 0.15) is 5.82 Å². The zero-order valence-electron chi connectivity index (χ0n) is 21.6. The molecule has 4 atom stereocenters. The maximum atomic E-state index is 9.99. The Morgan fingerprint density at radius 1 is 0.973 bits per heavy atom. The second kappa shape index (κ2) is 11.8. The number of benzene rings is 2. The molecule has 3 aromatic rings. The van der Waals surface area contributed by atoms with Crippen molar-refractivity contribution >= 4 is 11.5 Å². The van der Waals surface area contributed by atoms with E-state index in [1.54, 1.807) is 6.92 Å². The van der Waals surface area contributed by atoms with Crippen molar-refractivity contribution in [3.8, 4) is 17.2 Å². The monoisotopic (exact) mass is 495 g/mol. The van der Waals surface area contributed by atoms with Crippen LogP contribution in [0, 0.1) is 11.3 Å². The molecular weight excluding hydrogens is 458 g/mol. The molecule has 192 valence electrons. The molecule has 1 saturated carbocycles. The predicted molar refractivity (Wildman–Crippen MR) is 150 cm³/mol. The number of hydrogen-bond donors (Lipinski definition) is 3. The van der Waals surface area contributed by atoms with E-state index in [2.05, 4.69) is 56.9 Å². The molecule has 1 aliphatic heterocycles. The van der Waals surface area contributed by atoms with Gasteiger partial charge in [-0.3, -0.25) is 0 Å². The predicted octanol–water partition coefficient (Wildman–Crippen LogP) is 5.66. The summed E-state index contributed by atoms with van der Waals surface area (Å²) < 4.78 is 0. The first-order valence-corrected chi connectivity index (χ1v) is 13.6. The van der Waals surface area contributed by atoms with Crippen molar-refractivity contribution < 1.29 is 5.11 Å². The Morgan fingerprint density at radius 3 is 2.54 bits per heavy atom. The molecule has 2 aromatic carbocycles. The zero-order valence-corrected chi connectivity index (χ0v) is 21.6. The van der Waals surface area contributed by atoms with Crippen LogP contribution in [0.5, 0.6) is 0 Å². The Balaban J connectivity index is 1.25. The average molecular weight is 496 g/mol. The van der Waals surface area contributed by atoms with Crippen LogP contribution in [0.1, 0.15) is 62.7 Å². The van der Waals surface area contributed by atoms with Crippen molar-refractivity contribution in [1.29, 1.82) is 5.26 Å². The minimum atomic E-state index is -0.485. The van der Waals surface area contributed by atoms with Crippen molar-refractivity contribution in [2.24, 2.45) is 0 Å². The normalized spacial score (nSPS) is 22.7. The number of aliphatic hydroxyl groups excluding tert-OH is 1. The lowest BCUT2D eigenvalue weighted by Gasteiger charge is -2.40. The van der Waals surface area contributed by atoms with Crippen LogP contribution >= 0.6 is 0 Å². The van der Waals surface area contributed by atoms with Gasteiger partial charge >= 0.3 is 0 Å². The number of hydrogen-bond acceptors (Lipinski definition) is 6. The first-order valence-electron chi connectivity index (χ1n) is 13.6. The van der Waals surface area contributed by atoms with Crippen molar-refractivity contribution in [2.45, 2.75) is 69.7 Å². The molecule has 2 heterocycles. The first kappa shape index (κ1) is 25.3. The van der Waals surface area contributed by atoms with Gasteiger partial charge in [-0.25, -0.2) is 4.98 Å². The zero-order chi connectivity index (χ0) is 25.6. The molecule has 1 saturated heterocycles. The van der Waals surface area contributed by atoms with E-state index in [0.29, 0.717) is 23.7 Å². The van der Waals surface area contributed by atoms with E-state index in [1.807, 2.05) is 36.5 Å². The van der Waals surface area contributed by atoms with Gasteiger partial charge in [0.15, 0.2) is 0 Å². The molecule has 2 aliphatic rings. The van der Waals surface area contributed by atoms with E-state index >= 15 is 0 Å². The van der Waals surface area contributed by atoms with E-state index in [4.69, 9.17) is 5.26 Å². The molecule has 1 aromatic heterocycles. The van der Waals surface area contributed by atoms with Crippen molar-refractivity contribution in [3.05, 3.63) is 78.0 Å². The highest BCUT2D eigenvalue weighted by Crippen LogP contribution is 2.28. The number of aromatic nitrogens is 1. The summed E-state index contributed by atoms with van der Waals surface area (Å²) in [5.41, 5.74) is 5.02. The van der Waals surface area contributed by atoms with Crippen molar-refractivity contribution in [1.82, 2.24) is 10.3 Å². The lowest BCUT2D eigenvalue weighted by Crippen LogP contribution is -2.54. The molecule has 2 fully saturated rings. The smallest absolute Gasteiger partial charge is 0.126 e. The maximum Gasteiger partial charge on any atom is 0.126 e. The molecule has 37 heavy (non-hydrogen) atoms. The summed E-state index contributed by atoms with van der Waals surface area (Å²) in [4.78, 5) is 7.09. The Kier molecular flexibility index (Phi) is 8.03. The van der Waals surface area contributed by atoms with E-state index in [9.17, 15) is 5.11 Å². The number of nitriles is 1. The highest BCUT2D eigenvalue weighted by Gasteiger charge is 2.29. The third kappa shape index (κ3) is 6.30. The third-order valence-corrected chi connectivity index (χ3v) is 7.79. The fourth-order valence-corrected chi connectivity index (χ4v) is 5.76. The summed E-state index contributed by atoms with van der Waals surface area (Å²) >= 11 is 0. The number of rotatable bonds is 7. The van der Waals surface area contributed by atoms with Gasteiger partial charge in [0.05, 0.1) is 17.7 Å². The van der Waals surface area contributed by atoms with Gasteiger partial charge in [0.2, 0.25) is 0 Å². The minimum Gasteiger partial charge on any atom is -0.389 e. The van der Waals surface area contributed by atoms with Crippen LogP contribution < -0.4 is 15.5 Å². The SMILES string of the molecule is CC(O)c1cccc(-c2ccnc(N[C@@H]3CCCC[C@H]3N[C@H]3CCCN(c4ccc(C#N)cc4)C3)c2)c1. The Labute approximate surface area is 220 Å². The molecule has 6 nitrogen and oxygen atoms in total. The second-order valence-corrected chi connectivity index (χ2v) is 10.5. The molecular formula is C31H37N5O. The Morgan fingerprint density at radius 2 is 1.76 bits per heavy atom. The quantitative estimate of drug-likeness (QED) is 0.393. The molecule has 6 heteroatoms. The molecule has 0 radical (unpaired) electrons. The fraction of sp³-hybridized carbons (Fsp3) is 0.419. The van der Waals surface area contributed by atoms with Crippen molar-refractivity contribution in [3.63, 3.8) is 0 Å². The summed E-state index contributed by atoms with van der Waals surface area (Å²) in [6, 6.07) is 23.6. The molecule has 1 unspecified atom stereocenters. The van der Waals surface area contributed by atoms with Crippen molar-refractivity contribution in [2.75, 3.05) is 23.3 Å². The van der Waals surface area contributed by atoms with Crippen LogP contribution in [0.15, 0.2) is 66.9 Å². The summed E-state index contributed by atoms with van der Waals surface area (Å²) in [5, 5.41) is 26.9. The number of pyridine rings is 1. The van der Waals surface area contributed by atoms with Gasteiger partial charge < -0.3 is 20.6 Å². The standard InChI is InChI=1S/C31H37N5O/c1-22(37)24-6-4-7-25(18-24)26-15-16-33-31(19-26)35-30-10-3-2-9-29(30)34-27-8-5-17-36(21-27)28-13-11-23(20-32)12-14-28/h4,6-7,11-16,18-19,22,27,29-30,34,37H,2-3,5,8-10,17,21H2,1H3,(H,33,35)/t22?,27-,29+,30+/m0/s1. The number of piperidine rings is 1. The van der Waals surface area contributed by atoms with Crippen LogP contribution in [0.4, 0.5) is 11.5 Å². The van der Waals surface area contributed by atoms with E-state index in [0.717, 1.165) is 48.4 Å².